The van der Waals surface area contributed by atoms with Crippen LogP contribution < -0.4 is 10.2 Å². The number of nitrogens with zero attached hydrogens (tertiary/aromatic N) is 1. The third-order valence-electron chi connectivity index (χ3n) is 3.65. The second-order valence-corrected chi connectivity index (χ2v) is 6.08. The summed E-state index contributed by atoms with van der Waals surface area (Å²) < 4.78 is 13.8. The van der Waals surface area contributed by atoms with Crippen molar-refractivity contribution >= 4 is 27.5 Å². The number of piperidine rings is 1. The number of carbonyl (C=O) groups excluding carboxylic acids is 1. The van der Waals surface area contributed by atoms with E-state index in [1.54, 1.807) is 11.0 Å². The maximum Gasteiger partial charge on any atom is 0.244 e. The third-order valence-corrected chi connectivity index (χ3v) is 4.29. The van der Waals surface area contributed by atoms with Gasteiger partial charge in [-0.2, -0.15) is 0 Å². The Bertz CT molecular complexity index is 504. The lowest BCUT2D eigenvalue weighted by molar-refractivity contribution is -0.121. The maximum atomic E-state index is 13.1. The molecule has 0 radical (unpaired) electrons. The molecule has 0 bridgehead atoms. The number of hydrogen-bond acceptors (Lipinski definition) is 2. The summed E-state index contributed by atoms with van der Waals surface area (Å²) in [5, 5.41) is 3.39. The fourth-order valence-electron chi connectivity index (χ4n) is 2.50. The average Bonchev–Trinajstić information content (AvgIpc) is 3.17. The lowest BCUT2D eigenvalue weighted by atomic mass is 10.0. The monoisotopic (exact) mass is 326 g/mol. The minimum absolute atomic E-state index is 0.0850. The van der Waals surface area contributed by atoms with E-state index < -0.39 is 0 Å². The van der Waals surface area contributed by atoms with Crippen molar-refractivity contribution < 1.29 is 9.18 Å². The molecule has 5 heteroatoms. The molecule has 1 N–H and O–H groups in total. The van der Waals surface area contributed by atoms with E-state index in [1.165, 1.54) is 25.0 Å². The summed E-state index contributed by atoms with van der Waals surface area (Å²) in [6.07, 6.45) is 4.21. The van der Waals surface area contributed by atoms with Crippen LogP contribution in [0.3, 0.4) is 0 Å². The Hall–Kier alpha value is -0.940. The van der Waals surface area contributed by atoms with Crippen molar-refractivity contribution in [2.75, 3.05) is 11.4 Å². The zero-order chi connectivity index (χ0) is 13.4. The molecular weight excluding hydrogens is 311 g/mol. The van der Waals surface area contributed by atoms with Crippen molar-refractivity contribution in [2.24, 2.45) is 0 Å². The van der Waals surface area contributed by atoms with Gasteiger partial charge in [0.05, 0.1) is 11.7 Å². The summed E-state index contributed by atoms with van der Waals surface area (Å²) >= 11 is 3.34. The van der Waals surface area contributed by atoms with E-state index in [2.05, 4.69) is 21.2 Å². The first-order valence-electron chi connectivity index (χ1n) is 6.67. The normalized spacial score (nSPS) is 23.8. The Morgan fingerprint density at radius 2 is 2.11 bits per heavy atom. The minimum atomic E-state index is -0.298. The van der Waals surface area contributed by atoms with Crippen LogP contribution in [0.4, 0.5) is 10.1 Å². The van der Waals surface area contributed by atoms with Gasteiger partial charge in [-0.25, -0.2) is 4.39 Å². The van der Waals surface area contributed by atoms with Gasteiger partial charge in [0.15, 0.2) is 0 Å². The topological polar surface area (TPSA) is 32.3 Å². The van der Waals surface area contributed by atoms with Crippen LogP contribution in [0.2, 0.25) is 0 Å². The molecule has 1 heterocycles. The number of amides is 1. The Labute approximate surface area is 120 Å². The predicted octanol–water partition coefficient (Wildman–Crippen LogP) is 2.84. The summed E-state index contributed by atoms with van der Waals surface area (Å²) in [4.78, 5) is 14.2. The molecule has 1 atom stereocenters. The number of halogens is 2. The highest BCUT2D eigenvalue weighted by molar-refractivity contribution is 9.10. The van der Waals surface area contributed by atoms with Gasteiger partial charge >= 0.3 is 0 Å². The van der Waals surface area contributed by atoms with E-state index in [0.29, 0.717) is 17.1 Å². The van der Waals surface area contributed by atoms with E-state index >= 15 is 0 Å². The van der Waals surface area contributed by atoms with Crippen LogP contribution in [0, 0.1) is 5.82 Å². The van der Waals surface area contributed by atoms with Crippen LogP contribution in [0.1, 0.15) is 25.7 Å². The molecule has 3 rings (SSSR count). The van der Waals surface area contributed by atoms with Gasteiger partial charge in [0.2, 0.25) is 5.91 Å². The fourth-order valence-corrected chi connectivity index (χ4v) is 3.07. The van der Waals surface area contributed by atoms with Gasteiger partial charge in [-0.15, -0.1) is 0 Å². The lowest BCUT2D eigenvalue weighted by Crippen LogP contribution is -2.51. The number of nitrogens with one attached hydrogen (secondary N) is 1. The molecule has 2 fully saturated rings. The molecule has 19 heavy (non-hydrogen) atoms. The standard InChI is InChI=1S/C14H16BrFN2O/c15-11-8-9(16)3-6-13(11)18-7-1-2-12(14(18)19)17-10-4-5-10/h3,6,8,10,12,17H,1-2,4-5,7H2. The molecule has 3 nitrogen and oxygen atoms in total. The molecule has 0 spiro atoms. The first-order chi connectivity index (χ1) is 9.15. The molecule has 1 aromatic carbocycles. The van der Waals surface area contributed by atoms with Crippen molar-refractivity contribution in [3.05, 3.63) is 28.5 Å². The first kappa shape index (κ1) is 13.1. The van der Waals surface area contributed by atoms with Crippen LogP contribution in [0.25, 0.3) is 0 Å². The molecule has 1 aliphatic carbocycles. The Morgan fingerprint density at radius 1 is 1.32 bits per heavy atom. The maximum absolute atomic E-state index is 13.1. The summed E-state index contributed by atoms with van der Waals surface area (Å²) in [5.41, 5.74) is 0.758. The molecule has 1 aromatic rings. The summed E-state index contributed by atoms with van der Waals surface area (Å²) in [5.74, 6) is -0.196. The number of anilines is 1. The third kappa shape index (κ3) is 2.82. The number of benzene rings is 1. The van der Waals surface area contributed by atoms with Gasteiger partial charge in [-0.3, -0.25) is 4.79 Å². The molecular formula is C14H16BrFN2O. The molecule has 1 amide bonds. The largest absolute Gasteiger partial charge is 0.310 e. The minimum Gasteiger partial charge on any atom is -0.310 e. The van der Waals surface area contributed by atoms with Crippen molar-refractivity contribution in [3.63, 3.8) is 0 Å². The molecule has 1 saturated heterocycles. The zero-order valence-corrected chi connectivity index (χ0v) is 12.1. The van der Waals surface area contributed by atoms with Crippen LogP contribution in [0.15, 0.2) is 22.7 Å². The lowest BCUT2D eigenvalue weighted by Gasteiger charge is -2.33. The van der Waals surface area contributed by atoms with E-state index in [9.17, 15) is 9.18 Å². The van der Waals surface area contributed by atoms with Gasteiger partial charge in [-0.1, -0.05) is 0 Å². The second kappa shape index (κ2) is 5.21. The van der Waals surface area contributed by atoms with Crippen molar-refractivity contribution in [2.45, 2.75) is 37.8 Å². The van der Waals surface area contributed by atoms with Crippen LogP contribution in [-0.2, 0) is 4.79 Å². The van der Waals surface area contributed by atoms with Gasteiger partial charge in [0.25, 0.3) is 0 Å². The van der Waals surface area contributed by atoms with Gasteiger partial charge in [0.1, 0.15) is 5.82 Å². The summed E-state index contributed by atoms with van der Waals surface area (Å²) in [6, 6.07) is 4.90. The highest BCUT2D eigenvalue weighted by Gasteiger charge is 2.34. The summed E-state index contributed by atoms with van der Waals surface area (Å²) in [6.45, 7) is 0.700. The predicted molar refractivity (Wildman–Crippen MR) is 75.6 cm³/mol. The highest BCUT2D eigenvalue weighted by atomic mass is 79.9. The number of rotatable bonds is 3. The number of carbonyl (C=O) groups is 1. The quantitative estimate of drug-likeness (QED) is 0.926. The molecule has 2 aliphatic rings. The smallest absolute Gasteiger partial charge is 0.244 e. The van der Waals surface area contributed by atoms with Gasteiger partial charge in [-0.05, 0) is 59.8 Å². The molecule has 1 unspecified atom stereocenters. The highest BCUT2D eigenvalue weighted by Crippen LogP contribution is 2.30. The zero-order valence-electron chi connectivity index (χ0n) is 10.5. The first-order valence-corrected chi connectivity index (χ1v) is 7.47. The molecule has 1 saturated carbocycles. The van der Waals surface area contributed by atoms with Crippen molar-refractivity contribution in [1.29, 1.82) is 0 Å². The van der Waals surface area contributed by atoms with Gasteiger partial charge < -0.3 is 10.2 Å². The Kier molecular flexibility index (Phi) is 3.58. The number of hydrogen-bond donors (Lipinski definition) is 1. The van der Waals surface area contributed by atoms with E-state index in [1.807, 2.05) is 0 Å². The average molecular weight is 327 g/mol. The fraction of sp³-hybridized carbons (Fsp3) is 0.500. The summed E-state index contributed by atoms with van der Waals surface area (Å²) in [7, 11) is 0. The van der Waals surface area contributed by atoms with Crippen LogP contribution in [-0.4, -0.2) is 24.5 Å². The van der Waals surface area contributed by atoms with Crippen molar-refractivity contribution in [3.8, 4) is 0 Å². The second-order valence-electron chi connectivity index (χ2n) is 5.22. The van der Waals surface area contributed by atoms with Crippen LogP contribution >= 0.6 is 15.9 Å². The molecule has 0 aromatic heterocycles. The van der Waals surface area contributed by atoms with Gasteiger partial charge in [0, 0.05) is 17.1 Å². The Balaban J connectivity index is 1.80. The van der Waals surface area contributed by atoms with E-state index in [-0.39, 0.29) is 17.8 Å². The SMILES string of the molecule is O=C1C(NC2CC2)CCCN1c1ccc(F)cc1Br. The molecule has 1 aliphatic heterocycles. The van der Waals surface area contributed by atoms with Crippen LogP contribution in [0.5, 0.6) is 0 Å². The Morgan fingerprint density at radius 3 is 2.79 bits per heavy atom. The van der Waals surface area contributed by atoms with E-state index in [0.717, 1.165) is 18.5 Å². The molecule has 102 valence electrons. The van der Waals surface area contributed by atoms with E-state index in [4.69, 9.17) is 0 Å². The van der Waals surface area contributed by atoms with Crippen molar-refractivity contribution in [1.82, 2.24) is 5.32 Å².